The van der Waals surface area contributed by atoms with Gasteiger partial charge in [0.15, 0.2) is 0 Å². The second-order valence-electron chi connectivity index (χ2n) is 5.72. The zero-order valence-corrected chi connectivity index (χ0v) is 13.6. The van der Waals surface area contributed by atoms with E-state index >= 15 is 0 Å². The molecule has 2 fully saturated rings. The Balaban J connectivity index is 1.49. The summed E-state index contributed by atoms with van der Waals surface area (Å²) in [5.41, 5.74) is 1.36. The molecular weight excluding hydrogens is 354 g/mol. The van der Waals surface area contributed by atoms with Gasteiger partial charge >= 0.3 is 0 Å². The lowest BCUT2D eigenvalue weighted by Gasteiger charge is -2.16. The van der Waals surface area contributed by atoms with Crippen molar-refractivity contribution >= 4 is 31.9 Å². The van der Waals surface area contributed by atoms with Crippen molar-refractivity contribution in [2.24, 2.45) is 17.8 Å². The fraction of sp³-hybridized carbons (Fsp3) is 0.600. The first kappa shape index (κ1) is 13.1. The first-order valence-corrected chi connectivity index (χ1v) is 8.47. The Morgan fingerprint density at radius 1 is 1.06 bits per heavy atom. The van der Waals surface area contributed by atoms with E-state index in [0.29, 0.717) is 0 Å². The Kier molecular flexibility index (Phi) is 4.12. The molecule has 0 atom stereocenters. The van der Waals surface area contributed by atoms with Crippen molar-refractivity contribution in [2.75, 3.05) is 6.54 Å². The summed E-state index contributed by atoms with van der Waals surface area (Å²) in [6.45, 7) is 2.20. The van der Waals surface area contributed by atoms with Gasteiger partial charge in [0.2, 0.25) is 0 Å². The van der Waals surface area contributed by atoms with Crippen molar-refractivity contribution in [1.82, 2.24) is 5.32 Å². The second-order valence-corrected chi connectivity index (χ2v) is 7.43. The van der Waals surface area contributed by atoms with Gasteiger partial charge < -0.3 is 5.32 Å². The number of halogens is 2. The molecule has 0 heterocycles. The molecule has 0 unspecified atom stereocenters. The minimum absolute atomic E-state index is 0.962. The van der Waals surface area contributed by atoms with E-state index in [9.17, 15) is 0 Å². The van der Waals surface area contributed by atoms with E-state index in [1.165, 1.54) is 37.8 Å². The molecule has 1 N–H and O–H groups in total. The van der Waals surface area contributed by atoms with Crippen molar-refractivity contribution < 1.29 is 0 Å². The number of hydrogen-bond donors (Lipinski definition) is 1. The molecular formula is C15H19Br2N. The second kappa shape index (κ2) is 5.64. The highest BCUT2D eigenvalue weighted by Crippen LogP contribution is 2.48. The SMILES string of the molecule is Brc1ccc(CNCC(C2CC2)C2CC2)cc1Br. The lowest BCUT2D eigenvalue weighted by Crippen LogP contribution is -2.25. The van der Waals surface area contributed by atoms with Crippen LogP contribution < -0.4 is 5.32 Å². The van der Waals surface area contributed by atoms with Crippen molar-refractivity contribution in [3.8, 4) is 0 Å². The molecule has 0 bridgehead atoms. The summed E-state index contributed by atoms with van der Waals surface area (Å²) in [5, 5.41) is 3.65. The minimum Gasteiger partial charge on any atom is -0.312 e. The lowest BCUT2D eigenvalue weighted by molar-refractivity contribution is 0.378. The fourth-order valence-electron chi connectivity index (χ4n) is 2.80. The van der Waals surface area contributed by atoms with Crippen LogP contribution in [0.4, 0.5) is 0 Å². The van der Waals surface area contributed by atoms with Crippen LogP contribution in [0.3, 0.4) is 0 Å². The monoisotopic (exact) mass is 371 g/mol. The minimum atomic E-state index is 0.962. The number of rotatable bonds is 6. The lowest BCUT2D eigenvalue weighted by atomic mass is 9.98. The maximum Gasteiger partial charge on any atom is 0.0320 e. The Morgan fingerprint density at radius 3 is 2.28 bits per heavy atom. The molecule has 0 spiro atoms. The molecule has 3 heteroatoms. The molecule has 0 saturated heterocycles. The fourth-order valence-corrected chi connectivity index (χ4v) is 3.47. The van der Waals surface area contributed by atoms with Crippen LogP contribution in [0.5, 0.6) is 0 Å². The predicted molar refractivity (Wildman–Crippen MR) is 82.5 cm³/mol. The Bertz CT molecular complexity index is 413. The molecule has 2 aliphatic carbocycles. The van der Waals surface area contributed by atoms with Gasteiger partial charge in [-0.25, -0.2) is 0 Å². The summed E-state index contributed by atoms with van der Waals surface area (Å²) >= 11 is 7.07. The van der Waals surface area contributed by atoms with E-state index in [1.807, 2.05) is 0 Å². The van der Waals surface area contributed by atoms with E-state index in [4.69, 9.17) is 0 Å². The van der Waals surface area contributed by atoms with Crippen LogP contribution in [0.25, 0.3) is 0 Å². The average molecular weight is 373 g/mol. The Morgan fingerprint density at radius 2 is 1.72 bits per heavy atom. The highest BCUT2D eigenvalue weighted by atomic mass is 79.9. The number of hydrogen-bond acceptors (Lipinski definition) is 1. The van der Waals surface area contributed by atoms with E-state index in [-0.39, 0.29) is 0 Å². The van der Waals surface area contributed by atoms with Crippen LogP contribution in [-0.4, -0.2) is 6.54 Å². The standard InChI is InChI=1S/C15H19Br2N/c16-14-6-1-10(7-15(14)17)8-18-9-13(11-2-3-11)12-4-5-12/h1,6-7,11-13,18H,2-5,8-9H2. The zero-order chi connectivity index (χ0) is 12.5. The van der Waals surface area contributed by atoms with Gasteiger partial charge in [-0.3, -0.25) is 0 Å². The van der Waals surface area contributed by atoms with E-state index in [1.54, 1.807) is 0 Å². The topological polar surface area (TPSA) is 12.0 Å². The summed E-state index contributed by atoms with van der Waals surface area (Å²) < 4.78 is 2.27. The summed E-state index contributed by atoms with van der Waals surface area (Å²) in [6, 6.07) is 6.49. The summed E-state index contributed by atoms with van der Waals surface area (Å²) in [5.74, 6) is 3.05. The molecule has 98 valence electrons. The largest absolute Gasteiger partial charge is 0.312 e. The van der Waals surface area contributed by atoms with Gasteiger partial charge in [0.05, 0.1) is 0 Å². The summed E-state index contributed by atoms with van der Waals surface area (Å²) in [7, 11) is 0. The molecule has 3 rings (SSSR count). The van der Waals surface area contributed by atoms with Gasteiger partial charge in [-0.2, -0.15) is 0 Å². The van der Waals surface area contributed by atoms with Crippen molar-refractivity contribution in [3.63, 3.8) is 0 Å². The van der Waals surface area contributed by atoms with Crippen molar-refractivity contribution in [2.45, 2.75) is 32.2 Å². The first-order chi connectivity index (χ1) is 8.74. The summed E-state index contributed by atoms with van der Waals surface area (Å²) in [4.78, 5) is 0. The Hall–Kier alpha value is 0.140. The zero-order valence-electron chi connectivity index (χ0n) is 10.5. The molecule has 0 radical (unpaired) electrons. The highest BCUT2D eigenvalue weighted by Gasteiger charge is 2.40. The molecule has 1 aromatic carbocycles. The molecule has 0 aromatic heterocycles. The van der Waals surface area contributed by atoms with Gasteiger partial charge in [0.25, 0.3) is 0 Å². The van der Waals surface area contributed by atoms with E-state index in [2.05, 4.69) is 55.4 Å². The van der Waals surface area contributed by atoms with Crippen LogP contribution >= 0.6 is 31.9 Å². The predicted octanol–water partition coefficient (Wildman–Crippen LogP) is 4.74. The average Bonchev–Trinajstić information content (AvgIpc) is 3.22. The normalized spacial score (nSPS) is 19.5. The first-order valence-electron chi connectivity index (χ1n) is 6.88. The van der Waals surface area contributed by atoms with Gasteiger partial charge in [0.1, 0.15) is 0 Å². The van der Waals surface area contributed by atoms with Crippen molar-refractivity contribution in [1.29, 1.82) is 0 Å². The molecule has 2 saturated carbocycles. The number of benzene rings is 1. The molecule has 1 aromatic rings. The third-order valence-electron chi connectivity index (χ3n) is 4.15. The van der Waals surface area contributed by atoms with Crippen LogP contribution in [0.1, 0.15) is 31.2 Å². The molecule has 1 nitrogen and oxygen atoms in total. The molecule has 0 aliphatic heterocycles. The number of nitrogens with one attached hydrogen (secondary N) is 1. The quantitative estimate of drug-likeness (QED) is 0.760. The van der Waals surface area contributed by atoms with Gasteiger partial charge in [-0.05, 0) is 99.5 Å². The van der Waals surface area contributed by atoms with Crippen LogP contribution in [-0.2, 0) is 6.54 Å². The maximum atomic E-state index is 3.65. The smallest absolute Gasteiger partial charge is 0.0320 e. The highest BCUT2D eigenvalue weighted by molar-refractivity contribution is 9.13. The van der Waals surface area contributed by atoms with E-state index in [0.717, 1.165) is 33.2 Å². The van der Waals surface area contributed by atoms with Crippen molar-refractivity contribution in [3.05, 3.63) is 32.7 Å². The van der Waals surface area contributed by atoms with E-state index < -0.39 is 0 Å². The molecule has 0 amide bonds. The van der Waals surface area contributed by atoms with Crippen LogP contribution in [0, 0.1) is 17.8 Å². The van der Waals surface area contributed by atoms with Gasteiger partial charge in [-0.1, -0.05) is 6.07 Å². The Labute approximate surface area is 126 Å². The third kappa shape index (κ3) is 3.37. The van der Waals surface area contributed by atoms with Crippen LogP contribution in [0.2, 0.25) is 0 Å². The third-order valence-corrected chi connectivity index (χ3v) is 6.03. The summed E-state index contributed by atoms with van der Waals surface area (Å²) in [6.07, 6.45) is 5.92. The molecule has 2 aliphatic rings. The maximum absolute atomic E-state index is 3.65. The van der Waals surface area contributed by atoms with Crippen LogP contribution in [0.15, 0.2) is 27.1 Å². The van der Waals surface area contributed by atoms with Gasteiger partial charge in [0, 0.05) is 15.5 Å². The molecule has 18 heavy (non-hydrogen) atoms. The van der Waals surface area contributed by atoms with Gasteiger partial charge in [-0.15, -0.1) is 0 Å².